The minimum Gasteiger partial charge on any atom is -0.368 e. The first kappa shape index (κ1) is 15.5. The molecule has 0 spiro atoms. The van der Waals surface area contributed by atoms with Crippen LogP contribution in [0.1, 0.15) is 25.7 Å². The van der Waals surface area contributed by atoms with Gasteiger partial charge in [-0.1, -0.05) is 28.8 Å². The first-order chi connectivity index (χ1) is 9.69. The summed E-state index contributed by atoms with van der Waals surface area (Å²) < 4.78 is 6.73. The second kappa shape index (κ2) is 7.76. The molecular weight excluding hydrogens is 320 g/mol. The minimum atomic E-state index is -0.117. The Morgan fingerprint density at radius 3 is 2.70 bits per heavy atom. The zero-order chi connectivity index (χ0) is 14.4. The van der Waals surface area contributed by atoms with Crippen molar-refractivity contribution in [1.82, 2.24) is 0 Å². The fourth-order valence-corrected chi connectivity index (χ4v) is 2.84. The smallest absolute Gasteiger partial charge is 0.250 e. The van der Waals surface area contributed by atoms with Crippen molar-refractivity contribution in [2.45, 2.75) is 31.8 Å². The van der Waals surface area contributed by atoms with Crippen LogP contribution in [0.4, 0.5) is 5.69 Å². The number of amides is 1. The summed E-state index contributed by atoms with van der Waals surface area (Å²) in [5.41, 5.74) is 6.53. The molecule has 0 bridgehead atoms. The van der Waals surface area contributed by atoms with Crippen LogP contribution in [0.2, 0.25) is 0 Å². The van der Waals surface area contributed by atoms with Crippen molar-refractivity contribution in [3.05, 3.63) is 28.7 Å². The number of nitrogens with one attached hydrogen (secondary N) is 1. The van der Waals surface area contributed by atoms with E-state index in [2.05, 4.69) is 21.2 Å². The highest BCUT2D eigenvalue weighted by atomic mass is 79.9. The number of nitrogens with two attached hydrogens (primary N) is 1. The molecule has 110 valence electrons. The molecule has 1 aliphatic carbocycles. The predicted octanol–water partition coefficient (Wildman–Crippen LogP) is 2.92. The summed E-state index contributed by atoms with van der Waals surface area (Å²) in [6.45, 7) is 0.732. The van der Waals surface area contributed by atoms with Crippen LogP contribution in [0.25, 0.3) is 0 Å². The number of hydrogen-bond acceptors (Lipinski definition) is 3. The Bertz CT molecular complexity index is 436. The highest BCUT2D eigenvalue weighted by Crippen LogP contribution is 2.26. The van der Waals surface area contributed by atoms with E-state index in [1.807, 2.05) is 24.3 Å². The van der Waals surface area contributed by atoms with Crippen molar-refractivity contribution < 1.29 is 9.53 Å². The Balaban J connectivity index is 1.78. The predicted molar refractivity (Wildman–Crippen MR) is 83.5 cm³/mol. The van der Waals surface area contributed by atoms with Crippen molar-refractivity contribution in [3.8, 4) is 0 Å². The van der Waals surface area contributed by atoms with Crippen LogP contribution in [0.5, 0.6) is 0 Å². The van der Waals surface area contributed by atoms with Crippen LogP contribution in [-0.4, -0.2) is 25.2 Å². The lowest BCUT2D eigenvalue weighted by molar-refractivity contribution is -0.124. The van der Waals surface area contributed by atoms with Gasteiger partial charge in [-0.05, 0) is 49.6 Å². The molecule has 1 aromatic rings. The van der Waals surface area contributed by atoms with Crippen LogP contribution in [0.15, 0.2) is 28.7 Å². The van der Waals surface area contributed by atoms with Crippen molar-refractivity contribution in [3.63, 3.8) is 0 Å². The Kier molecular flexibility index (Phi) is 6.01. The molecule has 0 aliphatic heterocycles. The third-order valence-electron chi connectivity index (χ3n) is 3.70. The molecular formula is C15H21BrN2O2. The van der Waals surface area contributed by atoms with E-state index in [4.69, 9.17) is 10.5 Å². The second-order valence-electron chi connectivity index (χ2n) is 5.18. The number of anilines is 1. The molecule has 1 aliphatic rings. The first-order valence-corrected chi connectivity index (χ1v) is 7.85. The summed E-state index contributed by atoms with van der Waals surface area (Å²) in [7, 11) is 0. The van der Waals surface area contributed by atoms with E-state index in [-0.39, 0.29) is 18.6 Å². The van der Waals surface area contributed by atoms with Gasteiger partial charge in [-0.15, -0.1) is 0 Å². The second-order valence-corrected chi connectivity index (χ2v) is 6.10. The van der Waals surface area contributed by atoms with E-state index in [0.717, 1.165) is 29.4 Å². The summed E-state index contributed by atoms with van der Waals surface area (Å²) in [6.07, 6.45) is 4.62. The molecule has 0 aromatic heterocycles. The Morgan fingerprint density at radius 1 is 1.30 bits per heavy atom. The molecule has 1 aromatic carbocycles. The van der Waals surface area contributed by atoms with Gasteiger partial charge in [0, 0.05) is 10.2 Å². The van der Waals surface area contributed by atoms with Crippen molar-refractivity contribution in [2.75, 3.05) is 18.5 Å². The average Bonchev–Trinajstić information content (AvgIpc) is 2.48. The van der Waals surface area contributed by atoms with E-state index in [1.165, 1.54) is 6.42 Å². The van der Waals surface area contributed by atoms with E-state index < -0.39 is 0 Å². The van der Waals surface area contributed by atoms with E-state index >= 15 is 0 Å². The number of benzene rings is 1. The highest BCUT2D eigenvalue weighted by molar-refractivity contribution is 9.10. The highest BCUT2D eigenvalue weighted by Gasteiger charge is 2.25. The van der Waals surface area contributed by atoms with Gasteiger partial charge in [0.25, 0.3) is 0 Å². The molecule has 0 radical (unpaired) electrons. The average molecular weight is 341 g/mol. The van der Waals surface area contributed by atoms with Gasteiger partial charge >= 0.3 is 0 Å². The van der Waals surface area contributed by atoms with Gasteiger partial charge in [-0.25, -0.2) is 0 Å². The largest absolute Gasteiger partial charge is 0.368 e. The SMILES string of the molecule is NCC1CCCCC1OCC(=O)Nc1ccc(Br)cc1. The van der Waals surface area contributed by atoms with Gasteiger partial charge in [-0.3, -0.25) is 4.79 Å². The van der Waals surface area contributed by atoms with Gasteiger partial charge in [0.2, 0.25) is 5.91 Å². The molecule has 2 unspecified atom stereocenters. The van der Waals surface area contributed by atoms with Gasteiger partial charge < -0.3 is 15.8 Å². The third kappa shape index (κ3) is 4.58. The Labute approximate surface area is 128 Å². The van der Waals surface area contributed by atoms with Gasteiger partial charge in [0.15, 0.2) is 0 Å². The quantitative estimate of drug-likeness (QED) is 0.866. The summed E-state index contributed by atoms with van der Waals surface area (Å²) in [6, 6.07) is 7.49. The van der Waals surface area contributed by atoms with Crippen molar-refractivity contribution in [2.24, 2.45) is 11.7 Å². The number of ether oxygens (including phenoxy) is 1. The van der Waals surface area contributed by atoms with Crippen molar-refractivity contribution in [1.29, 1.82) is 0 Å². The molecule has 0 heterocycles. The third-order valence-corrected chi connectivity index (χ3v) is 4.23. The molecule has 4 nitrogen and oxygen atoms in total. The maximum absolute atomic E-state index is 11.9. The monoisotopic (exact) mass is 340 g/mol. The minimum absolute atomic E-state index is 0.0945. The lowest BCUT2D eigenvalue weighted by Gasteiger charge is -2.30. The molecule has 20 heavy (non-hydrogen) atoms. The number of hydrogen-bond donors (Lipinski definition) is 2. The number of rotatable bonds is 5. The number of halogens is 1. The van der Waals surface area contributed by atoms with E-state index in [0.29, 0.717) is 12.5 Å². The fourth-order valence-electron chi connectivity index (χ4n) is 2.58. The van der Waals surface area contributed by atoms with Crippen LogP contribution < -0.4 is 11.1 Å². The molecule has 1 amide bonds. The molecule has 0 saturated heterocycles. The fraction of sp³-hybridized carbons (Fsp3) is 0.533. The molecule has 5 heteroatoms. The van der Waals surface area contributed by atoms with Gasteiger partial charge in [-0.2, -0.15) is 0 Å². The van der Waals surface area contributed by atoms with E-state index in [9.17, 15) is 4.79 Å². The zero-order valence-corrected chi connectivity index (χ0v) is 13.1. The molecule has 2 atom stereocenters. The maximum atomic E-state index is 11.9. The first-order valence-electron chi connectivity index (χ1n) is 7.06. The zero-order valence-electron chi connectivity index (χ0n) is 11.5. The lowest BCUT2D eigenvalue weighted by Crippen LogP contribution is -2.35. The maximum Gasteiger partial charge on any atom is 0.250 e. The normalized spacial score (nSPS) is 22.5. The van der Waals surface area contributed by atoms with Gasteiger partial charge in [0.05, 0.1) is 6.10 Å². The van der Waals surface area contributed by atoms with Crippen LogP contribution in [-0.2, 0) is 9.53 Å². The van der Waals surface area contributed by atoms with Gasteiger partial charge in [0.1, 0.15) is 6.61 Å². The molecule has 1 saturated carbocycles. The summed E-state index contributed by atoms with van der Waals surface area (Å²) >= 11 is 3.36. The molecule has 3 N–H and O–H groups in total. The summed E-state index contributed by atoms with van der Waals surface area (Å²) in [5.74, 6) is 0.276. The Morgan fingerprint density at radius 2 is 2.00 bits per heavy atom. The van der Waals surface area contributed by atoms with Crippen molar-refractivity contribution >= 4 is 27.5 Å². The number of carbonyl (C=O) groups is 1. The summed E-state index contributed by atoms with van der Waals surface area (Å²) in [5, 5.41) is 2.83. The standard InChI is InChI=1S/C15H21BrN2O2/c16-12-5-7-13(8-6-12)18-15(19)10-20-14-4-2-1-3-11(14)9-17/h5-8,11,14H,1-4,9-10,17H2,(H,18,19). The van der Waals surface area contributed by atoms with Crippen LogP contribution in [0.3, 0.4) is 0 Å². The lowest BCUT2D eigenvalue weighted by atomic mass is 9.86. The molecule has 2 rings (SSSR count). The number of carbonyl (C=O) groups excluding carboxylic acids is 1. The topological polar surface area (TPSA) is 64.3 Å². The Hall–Kier alpha value is -0.910. The molecule has 1 fully saturated rings. The van der Waals surface area contributed by atoms with E-state index in [1.54, 1.807) is 0 Å². The van der Waals surface area contributed by atoms with Crippen LogP contribution >= 0.6 is 15.9 Å². The van der Waals surface area contributed by atoms with Crippen LogP contribution in [0, 0.1) is 5.92 Å². The summed E-state index contributed by atoms with van der Waals surface area (Å²) in [4.78, 5) is 11.9.